The number of anilines is 1. The SMILES string of the molecule is CCOC(=O)CCCC(=O)Nc1ccccc1Br. The predicted octanol–water partition coefficient (Wildman–Crippen LogP) is 3.12. The average Bonchev–Trinajstić information content (AvgIpc) is 2.32. The summed E-state index contributed by atoms with van der Waals surface area (Å²) in [6, 6.07) is 7.39. The Hall–Kier alpha value is -1.36. The zero-order valence-corrected chi connectivity index (χ0v) is 11.8. The van der Waals surface area contributed by atoms with E-state index in [4.69, 9.17) is 4.74 Å². The van der Waals surface area contributed by atoms with E-state index in [1.54, 1.807) is 6.92 Å². The Kier molecular flexibility index (Phi) is 6.43. The van der Waals surface area contributed by atoms with E-state index in [0.29, 0.717) is 19.4 Å². The van der Waals surface area contributed by atoms with Crippen LogP contribution in [0.5, 0.6) is 0 Å². The minimum atomic E-state index is -0.258. The van der Waals surface area contributed by atoms with Crippen LogP contribution in [-0.2, 0) is 14.3 Å². The number of ether oxygens (including phenoxy) is 1. The molecule has 0 aliphatic heterocycles. The smallest absolute Gasteiger partial charge is 0.305 e. The maximum atomic E-state index is 11.6. The van der Waals surface area contributed by atoms with Gasteiger partial charge in [0.1, 0.15) is 0 Å². The maximum absolute atomic E-state index is 11.6. The second kappa shape index (κ2) is 7.87. The van der Waals surface area contributed by atoms with E-state index in [1.165, 1.54) is 0 Å². The molecule has 0 fully saturated rings. The molecular weight excluding hydrogens is 298 g/mol. The molecule has 1 rings (SSSR count). The van der Waals surface area contributed by atoms with Crippen molar-refractivity contribution in [2.45, 2.75) is 26.2 Å². The molecule has 1 aromatic carbocycles. The van der Waals surface area contributed by atoms with Crippen LogP contribution in [0.25, 0.3) is 0 Å². The van der Waals surface area contributed by atoms with Crippen molar-refractivity contribution >= 4 is 33.5 Å². The van der Waals surface area contributed by atoms with Crippen LogP contribution in [0.2, 0.25) is 0 Å². The first kappa shape index (κ1) is 14.7. The molecule has 0 saturated heterocycles. The number of hydrogen-bond donors (Lipinski definition) is 1. The number of halogens is 1. The van der Waals surface area contributed by atoms with Crippen LogP contribution < -0.4 is 5.32 Å². The fraction of sp³-hybridized carbons (Fsp3) is 0.385. The van der Waals surface area contributed by atoms with Crippen LogP contribution in [0.1, 0.15) is 26.2 Å². The standard InChI is InChI=1S/C13H16BrNO3/c1-2-18-13(17)9-5-8-12(16)15-11-7-4-3-6-10(11)14/h3-4,6-7H,2,5,8-9H2,1H3,(H,15,16). The van der Waals surface area contributed by atoms with Gasteiger partial charge in [0.25, 0.3) is 0 Å². The summed E-state index contributed by atoms with van der Waals surface area (Å²) in [7, 11) is 0. The van der Waals surface area contributed by atoms with Gasteiger partial charge < -0.3 is 10.1 Å². The van der Waals surface area contributed by atoms with Gasteiger partial charge in [-0.05, 0) is 41.4 Å². The third kappa shape index (κ3) is 5.31. The highest BCUT2D eigenvalue weighted by atomic mass is 79.9. The fourth-order valence-corrected chi connectivity index (χ4v) is 1.79. The van der Waals surface area contributed by atoms with Crippen molar-refractivity contribution in [1.29, 1.82) is 0 Å². The van der Waals surface area contributed by atoms with Crippen LogP contribution in [-0.4, -0.2) is 18.5 Å². The monoisotopic (exact) mass is 313 g/mol. The van der Waals surface area contributed by atoms with Crippen molar-refractivity contribution in [1.82, 2.24) is 0 Å². The summed E-state index contributed by atoms with van der Waals surface area (Å²) in [6.45, 7) is 2.14. The lowest BCUT2D eigenvalue weighted by Crippen LogP contribution is -2.12. The number of hydrogen-bond acceptors (Lipinski definition) is 3. The summed E-state index contributed by atoms with van der Waals surface area (Å²) in [4.78, 5) is 22.7. The highest BCUT2D eigenvalue weighted by Gasteiger charge is 2.07. The van der Waals surface area contributed by atoms with Gasteiger partial charge in [-0.2, -0.15) is 0 Å². The van der Waals surface area contributed by atoms with Crippen LogP contribution in [0.15, 0.2) is 28.7 Å². The molecule has 0 atom stereocenters. The second-order valence-electron chi connectivity index (χ2n) is 3.69. The first-order valence-electron chi connectivity index (χ1n) is 5.83. The lowest BCUT2D eigenvalue weighted by atomic mass is 10.2. The van der Waals surface area contributed by atoms with Crippen LogP contribution in [0, 0.1) is 0 Å². The molecule has 0 aliphatic rings. The van der Waals surface area contributed by atoms with Gasteiger partial charge in [-0.1, -0.05) is 12.1 Å². The van der Waals surface area contributed by atoms with Gasteiger partial charge in [-0.15, -0.1) is 0 Å². The molecule has 18 heavy (non-hydrogen) atoms. The van der Waals surface area contributed by atoms with E-state index in [1.807, 2.05) is 24.3 Å². The molecule has 0 aromatic heterocycles. The van der Waals surface area contributed by atoms with Gasteiger partial charge in [-0.3, -0.25) is 9.59 Å². The zero-order valence-electron chi connectivity index (χ0n) is 10.2. The fourth-order valence-electron chi connectivity index (χ4n) is 1.40. The van der Waals surface area contributed by atoms with E-state index in [2.05, 4.69) is 21.2 Å². The van der Waals surface area contributed by atoms with E-state index in [0.717, 1.165) is 10.2 Å². The molecule has 1 aromatic rings. The predicted molar refractivity (Wildman–Crippen MR) is 73.3 cm³/mol. The van der Waals surface area contributed by atoms with Gasteiger partial charge in [0.05, 0.1) is 12.3 Å². The van der Waals surface area contributed by atoms with Gasteiger partial charge in [0.15, 0.2) is 0 Å². The largest absolute Gasteiger partial charge is 0.466 e. The highest BCUT2D eigenvalue weighted by molar-refractivity contribution is 9.10. The molecule has 0 bridgehead atoms. The normalized spacial score (nSPS) is 9.89. The Morgan fingerprint density at radius 2 is 2.00 bits per heavy atom. The number of amides is 1. The highest BCUT2D eigenvalue weighted by Crippen LogP contribution is 2.21. The van der Waals surface area contributed by atoms with E-state index in [-0.39, 0.29) is 18.3 Å². The van der Waals surface area contributed by atoms with Crippen LogP contribution >= 0.6 is 15.9 Å². The van der Waals surface area contributed by atoms with E-state index in [9.17, 15) is 9.59 Å². The number of carbonyl (C=O) groups excluding carboxylic acids is 2. The Balaban J connectivity index is 2.30. The molecule has 1 N–H and O–H groups in total. The molecule has 0 spiro atoms. The second-order valence-corrected chi connectivity index (χ2v) is 4.54. The average molecular weight is 314 g/mol. The molecule has 0 heterocycles. The number of rotatable bonds is 6. The summed E-state index contributed by atoms with van der Waals surface area (Å²) in [5, 5.41) is 2.78. The summed E-state index contributed by atoms with van der Waals surface area (Å²) < 4.78 is 5.62. The minimum Gasteiger partial charge on any atom is -0.466 e. The summed E-state index contributed by atoms with van der Waals surface area (Å²) in [6.07, 6.45) is 1.08. The lowest BCUT2D eigenvalue weighted by Gasteiger charge is -2.06. The molecule has 0 radical (unpaired) electrons. The summed E-state index contributed by atoms with van der Waals surface area (Å²) in [5.41, 5.74) is 0.735. The first-order valence-corrected chi connectivity index (χ1v) is 6.62. The third-order valence-electron chi connectivity index (χ3n) is 2.24. The minimum absolute atomic E-state index is 0.105. The van der Waals surface area contributed by atoms with Crippen molar-refractivity contribution in [2.75, 3.05) is 11.9 Å². The molecule has 98 valence electrons. The molecule has 0 unspecified atom stereocenters. The van der Waals surface area contributed by atoms with Gasteiger partial charge >= 0.3 is 5.97 Å². The molecule has 1 amide bonds. The Morgan fingerprint density at radius 1 is 1.28 bits per heavy atom. The number of para-hydroxylation sites is 1. The number of benzene rings is 1. The van der Waals surface area contributed by atoms with Gasteiger partial charge in [0.2, 0.25) is 5.91 Å². The van der Waals surface area contributed by atoms with Gasteiger partial charge in [-0.25, -0.2) is 0 Å². The van der Waals surface area contributed by atoms with Gasteiger partial charge in [0, 0.05) is 17.3 Å². The quantitative estimate of drug-likeness (QED) is 0.821. The van der Waals surface area contributed by atoms with Crippen molar-refractivity contribution < 1.29 is 14.3 Å². The molecule has 5 heteroatoms. The number of esters is 1. The third-order valence-corrected chi connectivity index (χ3v) is 2.93. The molecule has 0 aliphatic carbocycles. The van der Waals surface area contributed by atoms with E-state index < -0.39 is 0 Å². The Labute approximate surface area is 115 Å². The maximum Gasteiger partial charge on any atom is 0.305 e. The topological polar surface area (TPSA) is 55.4 Å². The first-order chi connectivity index (χ1) is 8.63. The van der Waals surface area contributed by atoms with Crippen molar-refractivity contribution in [3.05, 3.63) is 28.7 Å². The molecule has 0 saturated carbocycles. The Morgan fingerprint density at radius 3 is 2.67 bits per heavy atom. The van der Waals surface area contributed by atoms with Crippen molar-refractivity contribution in [3.63, 3.8) is 0 Å². The van der Waals surface area contributed by atoms with Crippen molar-refractivity contribution in [2.24, 2.45) is 0 Å². The lowest BCUT2D eigenvalue weighted by molar-refractivity contribution is -0.143. The molecular formula is C13H16BrNO3. The summed E-state index contributed by atoms with van der Waals surface area (Å²) >= 11 is 3.35. The van der Waals surface area contributed by atoms with E-state index >= 15 is 0 Å². The van der Waals surface area contributed by atoms with Crippen molar-refractivity contribution in [3.8, 4) is 0 Å². The summed E-state index contributed by atoms with van der Waals surface area (Å²) in [5.74, 6) is -0.364. The zero-order chi connectivity index (χ0) is 13.4. The molecule has 4 nitrogen and oxygen atoms in total. The number of nitrogens with one attached hydrogen (secondary N) is 1. The number of carbonyl (C=O) groups is 2. The Bertz CT molecular complexity index is 420. The van der Waals surface area contributed by atoms with Crippen LogP contribution in [0.4, 0.5) is 5.69 Å². The van der Waals surface area contributed by atoms with Crippen LogP contribution in [0.3, 0.4) is 0 Å².